The number of nitrogens with zero attached hydrogens (tertiary/aromatic N) is 1. The lowest BCUT2D eigenvalue weighted by molar-refractivity contribution is 0.229. The van der Waals surface area contributed by atoms with Gasteiger partial charge in [-0.25, -0.2) is 9.38 Å². The third-order valence-corrected chi connectivity index (χ3v) is 3.02. The number of nitrogens with one attached hydrogen (secondary N) is 1. The van der Waals surface area contributed by atoms with Crippen molar-refractivity contribution in [2.45, 2.75) is 13.0 Å². The molecule has 0 aliphatic rings. The van der Waals surface area contributed by atoms with Crippen LogP contribution in [0, 0.1) is 5.82 Å². The zero-order valence-corrected chi connectivity index (χ0v) is 15.9. The number of methoxy groups -OCH3 is 1. The van der Waals surface area contributed by atoms with E-state index in [9.17, 15) is 4.39 Å². The van der Waals surface area contributed by atoms with E-state index in [2.05, 4.69) is 10.3 Å². The van der Waals surface area contributed by atoms with Gasteiger partial charge in [0.15, 0.2) is 5.96 Å². The van der Waals surface area contributed by atoms with Crippen LogP contribution in [0.25, 0.3) is 0 Å². The van der Waals surface area contributed by atoms with E-state index < -0.39 is 0 Å². The standard InChI is InChI=1S/C17H20FN3O2.HI/c1-12(23-14-7-5-6-13(18)10-14)11-20-17(19)21-15-8-3-4-9-16(15)22-2;/h3-10,12H,11H2,1-2H3,(H3,19,20,21);1H. The van der Waals surface area contributed by atoms with Gasteiger partial charge in [0.1, 0.15) is 23.4 Å². The molecule has 2 aromatic rings. The highest BCUT2D eigenvalue weighted by Gasteiger charge is 2.06. The van der Waals surface area contributed by atoms with E-state index in [1.165, 1.54) is 12.1 Å². The van der Waals surface area contributed by atoms with Crippen molar-refractivity contribution < 1.29 is 13.9 Å². The van der Waals surface area contributed by atoms with Crippen LogP contribution in [-0.2, 0) is 0 Å². The minimum absolute atomic E-state index is 0. The number of anilines is 1. The summed E-state index contributed by atoms with van der Waals surface area (Å²) in [5, 5.41) is 2.98. The van der Waals surface area contributed by atoms with Crippen molar-refractivity contribution >= 4 is 35.6 Å². The van der Waals surface area contributed by atoms with E-state index in [-0.39, 0.29) is 41.9 Å². The highest BCUT2D eigenvalue weighted by Crippen LogP contribution is 2.22. The molecule has 0 saturated carbocycles. The molecule has 0 radical (unpaired) electrons. The predicted molar refractivity (Wildman–Crippen MR) is 105 cm³/mol. The van der Waals surface area contributed by atoms with E-state index in [0.717, 1.165) is 5.69 Å². The molecular formula is C17H21FIN3O2. The molecule has 0 aliphatic heterocycles. The van der Waals surface area contributed by atoms with Gasteiger partial charge in [-0.3, -0.25) is 0 Å². The lowest BCUT2D eigenvalue weighted by Gasteiger charge is -2.14. The molecule has 0 bridgehead atoms. The molecule has 0 amide bonds. The van der Waals surface area contributed by atoms with E-state index in [1.807, 2.05) is 31.2 Å². The first-order chi connectivity index (χ1) is 11.1. The van der Waals surface area contributed by atoms with Gasteiger partial charge in [0.05, 0.1) is 19.3 Å². The number of halogens is 2. The fourth-order valence-corrected chi connectivity index (χ4v) is 1.96. The number of nitrogens with two attached hydrogens (primary N) is 1. The smallest absolute Gasteiger partial charge is 0.193 e. The Morgan fingerprint density at radius 3 is 2.71 bits per heavy atom. The average molecular weight is 445 g/mol. The quantitative estimate of drug-likeness (QED) is 0.405. The molecule has 0 aliphatic carbocycles. The Bertz CT molecular complexity index is 682. The number of rotatable bonds is 6. The Morgan fingerprint density at radius 2 is 2.00 bits per heavy atom. The Kier molecular flexibility index (Phi) is 8.31. The molecule has 2 aromatic carbocycles. The van der Waals surface area contributed by atoms with Crippen LogP contribution in [0.15, 0.2) is 53.5 Å². The number of hydrogen-bond acceptors (Lipinski definition) is 3. The van der Waals surface area contributed by atoms with Gasteiger partial charge in [-0.1, -0.05) is 18.2 Å². The summed E-state index contributed by atoms with van der Waals surface area (Å²) >= 11 is 0. The lowest BCUT2D eigenvalue weighted by Crippen LogP contribution is -2.26. The number of ether oxygens (including phenoxy) is 2. The van der Waals surface area contributed by atoms with Gasteiger partial charge < -0.3 is 20.5 Å². The Morgan fingerprint density at radius 1 is 1.25 bits per heavy atom. The molecule has 24 heavy (non-hydrogen) atoms. The molecule has 3 N–H and O–H groups in total. The topological polar surface area (TPSA) is 68.9 Å². The summed E-state index contributed by atoms with van der Waals surface area (Å²) in [4.78, 5) is 4.22. The second kappa shape index (κ2) is 9.96. The Balaban J connectivity index is 0.00000288. The third kappa shape index (κ3) is 6.23. The van der Waals surface area contributed by atoms with Gasteiger partial charge in [-0.15, -0.1) is 24.0 Å². The summed E-state index contributed by atoms with van der Waals surface area (Å²) in [6.07, 6.45) is -0.241. The first-order valence-electron chi connectivity index (χ1n) is 7.20. The maximum atomic E-state index is 13.1. The fourth-order valence-electron chi connectivity index (χ4n) is 1.96. The second-order valence-electron chi connectivity index (χ2n) is 4.94. The zero-order chi connectivity index (χ0) is 16.7. The minimum Gasteiger partial charge on any atom is -0.495 e. The van der Waals surface area contributed by atoms with Crippen LogP contribution in [0.5, 0.6) is 11.5 Å². The van der Waals surface area contributed by atoms with Crippen molar-refractivity contribution in [1.29, 1.82) is 0 Å². The van der Waals surface area contributed by atoms with E-state index in [0.29, 0.717) is 18.0 Å². The lowest BCUT2D eigenvalue weighted by atomic mass is 10.3. The van der Waals surface area contributed by atoms with Crippen LogP contribution < -0.4 is 20.5 Å². The Hall–Kier alpha value is -2.03. The van der Waals surface area contributed by atoms with Crippen molar-refractivity contribution in [2.24, 2.45) is 10.7 Å². The van der Waals surface area contributed by atoms with Gasteiger partial charge in [-0.2, -0.15) is 0 Å². The van der Waals surface area contributed by atoms with E-state index in [4.69, 9.17) is 15.2 Å². The van der Waals surface area contributed by atoms with Crippen LogP contribution in [0.3, 0.4) is 0 Å². The number of benzene rings is 2. The third-order valence-electron chi connectivity index (χ3n) is 3.02. The molecule has 7 heteroatoms. The fraction of sp³-hybridized carbons (Fsp3) is 0.235. The summed E-state index contributed by atoms with van der Waals surface area (Å²) < 4.78 is 23.9. The molecule has 0 fully saturated rings. The van der Waals surface area contributed by atoms with Crippen molar-refractivity contribution in [3.63, 3.8) is 0 Å². The maximum absolute atomic E-state index is 13.1. The first-order valence-corrected chi connectivity index (χ1v) is 7.20. The molecular weight excluding hydrogens is 424 g/mol. The number of hydrogen-bond donors (Lipinski definition) is 2. The normalized spacial score (nSPS) is 12.0. The monoisotopic (exact) mass is 445 g/mol. The molecule has 1 unspecified atom stereocenters. The van der Waals surface area contributed by atoms with Crippen LogP contribution in [-0.4, -0.2) is 25.7 Å². The van der Waals surface area contributed by atoms with Gasteiger partial charge in [-0.05, 0) is 31.2 Å². The molecule has 130 valence electrons. The maximum Gasteiger partial charge on any atom is 0.193 e. The van der Waals surface area contributed by atoms with Crippen molar-refractivity contribution in [1.82, 2.24) is 0 Å². The average Bonchev–Trinajstić information content (AvgIpc) is 2.53. The summed E-state index contributed by atoms with van der Waals surface area (Å²) in [6, 6.07) is 13.4. The predicted octanol–water partition coefficient (Wildman–Crippen LogP) is 3.65. The largest absolute Gasteiger partial charge is 0.495 e. The summed E-state index contributed by atoms with van der Waals surface area (Å²) in [6.45, 7) is 2.18. The highest BCUT2D eigenvalue weighted by atomic mass is 127. The number of guanidine groups is 1. The first kappa shape index (κ1) is 20.0. The van der Waals surface area contributed by atoms with Crippen molar-refractivity contribution in [3.05, 3.63) is 54.3 Å². The van der Waals surface area contributed by atoms with Crippen molar-refractivity contribution in [3.8, 4) is 11.5 Å². The highest BCUT2D eigenvalue weighted by molar-refractivity contribution is 14.0. The van der Waals surface area contributed by atoms with Crippen LogP contribution in [0.1, 0.15) is 6.92 Å². The Labute approximate surface area is 158 Å². The summed E-state index contributed by atoms with van der Waals surface area (Å²) in [5.74, 6) is 1.05. The molecule has 0 aromatic heterocycles. The summed E-state index contributed by atoms with van der Waals surface area (Å²) in [7, 11) is 1.59. The van der Waals surface area contributed by atoms with Gasteiger partial charge >= 0.3 is 0 Å². The molecule has 0 heterocycles. The second-order valence-corrected chi connectivity index (χ2v) is 4.94. The minimum atomic E-state index is -0.337. The summed E-state index contributed by atoms with van der Waals surface area (Å²) in [5.41, 5.74) is 6.59. The van der Waals surface area contributed by atoms with Gasteiger partial charge in [0.2, 0.25) is 0 Å². The molecule has 0 saturated heterocycles. The molecule has 5 nitrogen and oxygen atoms in total. The van der Waals surface area contributed by atoms with Crippen molar-refractivity contribution in [2.75, 3.05) is 19.0 Å². The number of para-hydroxylation sites is 2. The van der Waals surface area contributed by atoms with Gasteiger partial charge in [0.25, 0.3) is 0 Å². The van der Waals surface area contributed by atoms with E-state index >= 15 is 0 Å². The SMILES string of the molecule is COc1ccccc1NC(N)=NCC(C)Oc1cccc(F)c1.I. The zero-order valence-electron chi connectivity index (χ0n) is 13.5. The van der Waals surface area contributed by atoms with Gasteiger partial charge in [0, 0.05) is 6.07 Å². The van der Waals surface area contributed by atoms with Crippen LogP contribution >= 0.6 is 24.0 Å². The van der Waals surface area contributed by atoms with Crippen LogP contribution in [0.2, 0.25) is 0 Å². The molecule has 0 spiro atoms. The number of aliphatic imine (C=N–C) groups is 1. The molecule has 1 atom stereocenters. The van der Waals surface area contributed by atoms with E-state index in [1.54, 1.807) is 19.2 Å². The van der Waals surface area contributed by atoms with Crippen LogP contribution in [0.4, 0.5) is 10.1 Å². The molecule has 2 rings (SSSR count).